The number of hydrogen-bond acceptors (Lipinski definition) is 3. The van der Waals surface area contributed by atoms with Crippen LogP contribution in [-0.4, -0.2) is 30.4 Å². The quantitative estimate of drug-likeness (QED) is 0.235. The maximum absolute atomic E-state index is 12.6. The molecule has 4 heteroatoms. The van der Waals surface area contributed by atoms with Gasteiger partial charge in [-0.1, -0.05) is 44.3 Å². The van der Waals surface area contributed by atoms with E-state index in [1.807, 2.05) is 0 Å². The van der Waals surface area contributed by atoms with Crippen LogP contribution in [0.25, 0.3) is 0 Å². The summed E-state index contributed by atoms with van der Waals surface area (Å²) in [6.45, 7) is 10.5. The summed E-state index contributed by atoms with van der Waals surface area (Å²) in [6, 6.07) is 0. The van der Waals surface area contributed by atoms with Crippen LogP contribution in [0, 0.1) is 5.92 Å². The second kappa shape index (κ2) is 11.3. The minimum Gasteiger partial charge on any atom is -0.451 e. The highest BCUT2D eigenvalue weighted by molar-refractivity contribution is 5.75. The van der Waals surface area contributed by atoms with E-state index in [9.17, 15) is 4.39 Å². The van der Waals surface area contributed by atoms with Crippen LogP contribution >= 0.6 is 0 Å². The lowest BCUT2D eigenvalue weighted by molar-refractivity contribution is 0.257. The highest BCUT2D eigenvalue weighted by Gasteiger charge is 2.16. The van der Waals surface area contributed by atoms with Crippen molar-refractivity contribution in [1.82, 2.24) is 4.90 Å². The first kappa shape index (κ1) is 20.9. The topological polar surface area (TPSA) is 24.8 Å². The van der Waals surface area contributed by atoms with E-state index < -0.39 is 5.83 Å². The fourth-order valence-electron chi connectivity index (χ4n) is 3.94. The molecule has 0 saturated heterocycles. The predicted octanol–water partition coefficient (Wildman–Crippen LogP) is 6.15. The van der Waals surface area contributed by atoms with E-state index in [-0.39, 0.29) is 0 Å². The first-order valence-electron chi connectivity index (χ1n) is 10.2. The number of aliphatic imine (C=N–C) groups is 1. The lowest BCUT2D eigenvalue weighted by Gasteiger charge is -2.24. The normalized spacial score (nSPS) is 21.3. The van der Waals surface area contributed by atoms with Crippen molar-refractivity contribution in [1.29, 1.82) is 0 Å². The minimum atomic E-state index is -0.522. The Morgan fingerprint density at radius 2 is 2.00 bits per heavy atom. The maximum Gasteiger partial charge on any atom is 0.190 e. The Balaban J connectivity index is 1.75. The van der Waals surface area contributed by atoms with E-state index in [4.69, 9.17) is 4.74 Å². The van der Waals surface area contributed by atoms with Crippen LogP contribution in [0.4, 0.5) is 4.39 Å². The number of allylic oxidation sites excluding steroid dienone is 2. The number of halogens is 1. The molecule has 0 amide bonds. The van der Waals surface area contributed by atoms with Crippen molar-refractivity contribution < 1.29 is 9.13 Å². The number of hydrogen-bond donors (Lipinski definition) is 0. The summed E-state index contributed by atoms with van der Waals surface area (Å²) in [6.07, 6.45) is 14.4. The van der Waals surface area contributed by atoms with E-state index in [0.29, 0.717) is 5.90 Å². The van der Waals surface area contributed by atoms with Crippen molar-refractivity contribution in [2.24, 2.45) is 10.9 Å². The SMILES string of the molecule is C=C(F)/C=C/OC(C)=NC1=C(C)CCN(CCCC2CCCCC2)CC1. The standard InChI is InChI=1S/C22H35FN2O/c1-18-11-15-25(14-7-10-21-8-5-4-6-9-21)16-12-22(18)24-20(3)26-17-13-19(2)23/h13,17,21H,2,4-12,14-16H2,1,3H3/b17-13+,24-20?. The molecule has 1 saturated carbocycles. The largest absolute Gasteiger partial charge is 0.451 e. The lowest BCUT2D eigenvalue weighted by Crippen LogP contribution is -2.26. The fraction of sp³-hybridized carbons (Fsp3) is 0.682. The average molecular weight is 363 g/mol. The second-order valence-corrected chi connectivity index (χ2v) is 7.71. The third-order valence-electron chi connectivity index (χ3n) is 5.55. The van der Waals surface area contributed by atoms with Crippen LogP contribution in [0.2, 0.25) is 0 Å². The molecule has 2 rings (SSSR count). The summed E-state index contributed by atoms with van der Waals surface area (Å²) in [5, 5.41) is 0. The molecule has 0 N–H and O–H groups in total. The summed E-state index contributed by atoms with van der Waals surface area (Å²) >= 11 is 0. The highest BCUT2D eigenvalue weighted by Crippen LogP contribution is 2.27. The molecule has 0 atom stereocenters. The molecule has 26 heavy (non-hydrogen) atoms. The molecule has 1 aliphatic heterocycles. The molecule has 3 nitrogen and oxygen atoms in total. The van der Waals surface area contributed by atoms with E-state index in [1.165, 1.54) is 69.4 Å². The van der Waals surface area contributed by atoms with Crippen molar-refractivity contribution in [3.8, 4) is 0 Å². The molecular weight excluding hydrogens is 327 g/mol. The molecule has 0 bridgehead atoms. The maximum atomic E-state index is 12.6. The van der Waals surface area contributed by atoms with Gasteiger partial charge >= 0.3 is 0 Å². The Bertz CT molecular complexity index is 544. The van der Waals surface area contributed by atoms with Crippen molar-refractivity contribution in [2.75, 3.05) is 19.6 Å². The van der Waals surface area contributed by atoms with Gasteiger partial charge in [-0.2, -0.15) is 0 Å². The van der Waals surface area contributed by atoms with Crippen LogP contribution in [0.15, 0.2) is 41.0 Å². The van der Waals surface area contributed by atoms with Gasteiger partial charge in [0.25, 0.3) is 0 Å². The molecule has 0 radical (unpaired) electrons. The Morgan fingerprint density at radius 1 is 1.27 bits per heavy atom. The van der Waals surface area contributed by atoms with Gasteiger partial charge in [-0.15, -0.1) is 0 Å². The molecule has 0 unspecified atom stereocenters. The zero-order valence-electron chi connectivity index (χ0n) is 16.6. The van der Waals surface area contributed by atoms with Crippen molar-refractivity contribution in [3.05, 3.63) is 36.0 Å². The summed E-state index contributed by atoms with van der Waals surface area (Å²) < 4.78 is 17.9. The highest BCUT2D eigenvalue weighted by atomic mass is 19.1. The van der Waals surface area contributed by atoms with E-state index in [1.54, 1.807) is 6.92 Å². The Kier molecular flexibility index (Phi) is 9.10. The molecule has 0 aromatic rings. The van der Waals surface area contributed by atoms with Crippen molar-refractivity contribution in [2.45, 2.75) is 71.6 Å². The van der Waals surface area contributed by atoms with Crippen LogP contribution < -0.4 is 0 Å². The van der Waals surface area contributed by atoms with E-state index in [0.717, 1.165) is 37.5 Å². The number of ether oxygens (including phenoxy) is 1. The van der Waals surface area contributed by atoms with Gasteiger partial charge < -0.3 is 9.64 Å². The van der Waals surface area contributed by atoms with Gasteiger partial charge in [0.1, 0.15) is 5.83 Å². The van der Waals surface area contributed by atoms with Gasteiger partial charge in [-0.25, -0.2) is 9.38 Å². The summed E-state index contributed by atoms with van der Waals surface area (Å²) in [5.41, 5.74) is 2.45. The van der Waals surface area contributed by atoms with Crippen LogP contribution in [-0.2, 0) is 4.74 Å². The third kappa shape index (κ3) is 7.86. The zero-order valence-corrected chi connectivity index (χ0v) is 16.6. The second-order valence-electron chi connectivity index (χ2n) is 7.71. The number of rotatable bonds is 7. The first-order valence-corrected chi connectivity index (χ1v) is 10.2. The Hall–Kier alpha value is -1.42. The molecule has 1 aliphatic carbocycles. The van der Waals surface area contributed by atoms with Gasteiger partial charge in [0, 0.05) is 38.2 Å². The molecule has 0 aromatic carbocycles. The predicted molar refractivity (Wildman–Crippen MR) is 108 cm³/mol. The molecule has 146 valence electrons. The lowest BCUT2D eigenvalue weighted by atomic mass is 9.86. The molecule has 1 heterocycles. The van der Waals surface area contributed by atoms with Gasteiger partial charge in [0.2, 0.25) is 0 Å². The first-order chi connectivity index (χ1) is 12.5. The van der Waals surface area contributed by atoms with Gasteiger partial charge in [-0.05, 0) is 38.6 Å². The van der Waals surface area contributed by atoms with E-state index in [2.05, 4.69) is 23.4 Å². The van der Waals surface area contributed by atoms with Crippen LogP contribution in [0.1, 0.15) is 71.6 Å². The van der Waals surface area contributed by atoms with Gasteiger partial charge in [0.05, 0.1) is 6.26 Å². The summed E-state index contributed by atoms with van der Waals surface area (Å²) in [7, 11) is 0. The van der Waals surface area contributed by atoms with Crippen LogP contribution in [0.3, 0.4) is 0 Å². The molecule has 0 aromatic heterocycles. The molecule has 0 spiro atoms. The summed E-state index contributed by atoms with van der Waals surface area (Å²) in [4.78, 5) is 7.19. The third-order valence-corrected chi connectivity index (χ3v) is 5.55. The monoisotopic (exact) mass is 362 g/mol. The molecule has 2 aliphatic rings. The Labute approximate surface area is 158 Å². The fourth-order valence-corrected chi connectivity index (χ4v) is 3.94. The smallest absolute Gasteiger partial charge is 0.190 e. The Morgan fingerprint density at radius 3 is 2.73 bits per heavy atom. The minimum absolute atomic E-state index is 0.522. The van der Waals surface area contributed by atoms with Gasteiger partial charge in [-0.3, -0.25) is 0 Å². The summed E-state index contributed by atoms with van der Waals surface area (Å²) in [5.74, 6) is 0.998. The van der Waals surface area contributed by atoms with Crippen molar-refractivity contribution >= 4 is 5.90 Å². The molecular formula is C22H35FN2O. The van der Waals surface area contributed by atoms with Crippen LogP contribution in [0.5, 0.6) is 0 Å². The van der Waals surface area contributed by atoms with E-state index >= 15 is 0 Å². The average Bonchev–Trinajstić information content (AvgIpc) is 2.78. The van der Waals surface area contributed by atoms with Crippen molar-refractivity contribution in [3.63, 3.8) is 0 Å². The zero-order chi connectivity index (χ0) is 18.8. The number of nitrogens with zero attached hydrogens (tertiary/aromatic N) is 2. The molecule has 1 fully saturated rings. The van der Waals surface area contributed by atoms with Gasteiger partial charge in [0.15, 0.2) is 5.90 Å².